The van der Waals surface area contributed by atoms with Gasteiger partial charge in [-0.05, 0) is 20.8 Å². The number of ether oxygens (including phenoxy) is 2. The van der Waals surface area contributed by atoms with Gasteiger partial charge in [-0.1, -0.05) is 0 Å². The number of hydrogen-bond acceptors (Lipinski definition) is 4. The number of hydrogen-bond donors (Lipinski definition) is 1. The maximum Gasteiger partial charge on any atom is 0.332 e. The number of esters is 1. The first-order chi connectivity index (χ1) is 6.02. The minimum Gasteiger partial charge on any atom is -0.460 e. The Bertz CT molecular complexity index is 183. The van der Waals surface area contributed by atoms with Crippen LogP contribution in [0.15, 0.2) is 11.8 Å². The van der Waals surface area contributed by atoms with Gasteiger partial charge in [0.25, 0.3) is 0 Å². The van der Waals surface area contributed by atoms with Gasteiger partial charge in [-0.2, -0.15) is 0 Å². The van der Waals surface area contributed by atoms with E-state index in [1.165, 1.54) is 6.08 Å². The van der Waals surface area contributed by atoms with E-state index in [0.717, 1.165) is 0 Å². The van der Waals surface area contributed by atoms with Crippen LogP contribution in [0.1, 0.15) is 20.8 Å². The monoisotopic (exact) mass is 187 g/mol. The van der Waals surface area contributed by atoms with Crippen LogP contribution in [0.25, 0.3) is 0 Å². The summed E-state index contributed by atoms with van der Waals surface area (Å²) < 4.78 is 9.95. The topological polar surface area (TPSA) is 61.6 Å². The molecule has 0 aliphatic heterocycles. The Hall–Kier alpha value is -1.03. The lowest BCUT2D eigenvalue weighted by atomic mass is 10.4. The van der Waals surface area contributed by atoms with Crippen molar-refractivity contribution in [3.05, 3.63) is 11.8 Å². The Morgan fingerprint density at radius 3 is 2.54 bits per heavy atom. The molecule has 0 saturated heterocycles. The van der Waals surface area contributed by atoms with E-state index in [9.17, 15) is 4.79 Å². The standard InChI is InChI=1S/C9H17NO3/c1-7(2)12-4-5-13-9(11)6-8(3)10/h6-7H,4-5,10H2,1-3H3/b8-6-. The molecule has 0 aromatic rings. The average molecular weight is 187 g/mol. The highest BCUT2D eigenvalue weighted by atomic mass is 16.6. The normalized spacial score (nSPS) is 11.8. The third-order valence-electron chi connectivity index (χ3n) is 1.12. The molecule has 0 aliphatic carbocycles. The lowest BCUT2D eigenvalue weighted by Crippen LogP contribution is -2.12. The molecule has 13 heavy (non-hydrogen) atoms. The Morgan fingerprint density at radius 1 is 1.46 bits per heavy atom. The van der Waals surface area contributed by atoms with E-state index >= 15 is 0 Å². The molecule has 0 rings (SSSR count). The highest BCUT2D eigenvalue weighted by Gasteiger charge is 1.98. The molecule has 0 fully saturated rings. The molecule has 0 aromatic heterocycles. The van der Waals surface area contributed by atoms with Crippen LogP contribution in [-0.4, -0.2) is 25.3 Å². The second kappa shape index (κ2) is 6.48. The fourth-order valence-electron chi connectivity index (χ4n) is 0.654. The van der Waals surface area contributed by atoms with Gasteiger partial charge in [0.15, 0.2) is 0 Å². The van der Waals surface area contributed by atoms with Crippen LogP contribution in [0.2, 0.25) is 0 Å². The largest absolute Gasteiger partial charge is 0.460 e. The van der Waals surface area contributed by atoms with Crippen molar-refractivity contribution >= 4 is 5.97 Å². The van der Waals surface area contributed by atoms with Crippen LogP contribution in [0.4, 0.5) is 0 Å². The summed E-state index contributed by atoms with van der Waals surface area (Å²) in [4.78, 5) is 10.9. The molecule has 0 atom stereocenters. The first kappa shape index (κ1) is 12.0. The molecule has 76 valence electrons. The third kappa shape index (κ3) is 8.88. The van der Waals surface area contributed by atoms with Gasteiger partial charge in [-0.15, -0.1) is 0 Å². The van der Waals surface area contributed by atoms with Gasteiger partial charge in [0, 0.05) is 11.8 Å². The van der Waals surface area contributed by atoms with Crippen LogP contribution >= 0.6 is 0 Å². The number of carbonyl (C=O) groups is 1. The fourth-order valence-corrected chi connectivity index (χ4v) is 0.654. The lowest BCUT2D eigenvalue weighted by Gasteiger charge is -2.06. The van der Waals surface area contributed by atoms with Crippen molar-refractivity contribution in [2.24, 2.45) is 5.73 Å². The maximum atomic E-state index is 10.9. The smallest absolute Gasteiger partial charge is 0.332 e. The first-order valence-electron chi connectivity index (χ1n) is 4.24. The quantitative estimate of drug-likeness (QED) is 0.393. The molecule has 0 aliphatic rings. The predicted molar refractivity (Wildman–Crippen MR) is 50.0 cm³/mol. The minimum absolute atomic E-state index is 0.158. The molecular weight excluding hydrogens is 170 g/mol. The zero-order chi connectivity index (χ0) is 10.3. The molecule has 0 spiro atoms. The number of carbonyl (C=O) groups excluding carboxylic acids is 1. The van der Waals surface area contributed by atoms with Crippen LogP contribution < -0.4 is 5.73 Å². The van der Waals surface area contributed by atoms with Crippen LogP contribution in [0.3, 0.4) is 0 Å². The Kier molecular flexibility index (Phi) is 5.97. The molecule has 2 N–H and O–H groups in total. The highest BCUT2D eigenvalue weighted by Crippen LogP contribution is 1.89. The molecule has 4 nitrogen and oxygen atoms in total. The van der Waals surface area contributed by atoms with Gasteiger partial charge >= 0.3 is 5.97 Å². The van der Waals surface area contributed by atoms with Crippen LogP contribution in [0, 0.1) is 0 Å². The summed E-state index contributed by atoms with van der Waals surface area (Å²) in [5.41, 5.74) is 5.71. The maximum absolute atomic E-state index is 10.9. The van der Waals surface area contributed by atoms with E-state index in [0.29, 0.717) is 12.3 Å². The highest BCUT2D eigenvalue weighted by molar-refractivity contribution is 5.82. The molecule has 0 radical (unpaired) electrons. The van der Waals surface area contributed by atoms with Crippen molar-refractivity contribution in [2.75, 3.05) is 13.2 Å². The van der Waals surface area contributed by atoms with E-state index in [2.05, 4.69) is 0 Å². The zero-order valence-electron chi connectivity index (χ0n) is 8.37. The molecule has 0 aromatic carbocycles. The number of nitrogens with two attached hydrogens (primary N) is 1. The van der Waals surface area contributed by atoms with Crippen LogP contribution in [0.5, 0.6) is 0 Å². The Labute approximate surface area is 78.7 Å². The summed E-state index contributed by atoms with van der Waals surface area (Å²) in [5, 5.41) is 0. The molecule has 0 bridgehead atoms. The van der Waals surface area contributed by atoms with E-state index < -0.39 is 5.97 Å². The van der Waals surface area contributed by atoms with Crippen molar-refractivity contribution in [1.29, 1.82) is 0 Å². The Balaban J connectivity index is 3.44. The minimum atomic E-state index is -0.424. The van der Waals surface area contributed by atoms with Crippen LogP contribution in [-0.2, 0) is 14.3 Å². The van der Waals surface area contributed by atoms with E-state index in [-0.39, 0.29) is 12.7 Å². The van der Waals surface area contributed by atoms with E-state index in [1.807, 2.05) is 13.8 Å². The zero-order valence-corrected chi connectivity index (χ0v) is 8.37. The summed E-state index contributed by atoms with van der Waals surface area (Å²) in [6.07, 6.45) is 1.40. The van der Waals surface area contributed by atoms with E-state index in [1.54, 1.807) is 6.92 Å². The molecule has 0 unspecified atom stereocenters. The van der Waals surface area contributed by atoms with E-state index in [4.69, 9.17) is 15.2 Å². The van der Waals surface area contributed by atoms with Gasteiger partial charge in [-0.25, -0.2) is 4.79 Å². The summed E-state index contributed by atoms with van der Waals surface area (Å²) in [7, 11) is 0. The number of rotatable bonds is 5. The van der Waals surface area contributed by atoms with Crippen molar-refractivity contribution in [2.45, 2.75) is 26.9 Å². The summed E-state index contributed by atoms with van der Waals surface area (Å²) in [6, 6.07) is 0. The average Bonchev–Trinajstić information content (AvgIpc) is 1.96. The predicted octanol–water partition coefficient (Wildman–Crippen LogP) is 0.817. The van der Waals surface area contributed by atoms with Crippen molar-refractivity contribution in [3.63, 3.8) is 0 Å². The van der Waals surface area contributed by atoms with Gasteiger partial charge in [0.05, 0.1) is 12.7 Å². The Morgan fingerprint density at radius 2 is 2.08 bits per heavy atom. The summed E-state index contributed by atoms with van der Waals surface area (Å²) in [5.74, 6) is -0.424. The second-order valence-corrected chi connectivity index (χ2v) is 2.98. The lowest BCUT2D eigenvalue weighted by molar-refractivity contribution is -0.139. The summed E-state index contributed by atoms with van der Waals surface area (Å²) in [6.45, 7) is 6.16. The van der Waals surface area contributed by atoms with Gasteiger partial charge < -0.3 is 15.2 Å². The van der Waals surface area contributed by atoms with Gasteiger partial charge in [0.2, 0.25) is 0 Å². The van der Waals surface area contributed by atoms with Crippen molar-refractivity contribution in [1.82, 2.24) is 0 Å². The fraction of sp³-hybridized carbons (Fsp3) is 0.667. The summed E-state index contributed by atoms with van der Waals surface area (Å²) >= 11 is 0. The first-order valence-corrected chi connectivity index (χ1v) is 4.24. The second-order valence-electron chi connectivity index (χ2n) is 2.98. The molecule has 0 amide bonds. The number of allylic oxidation sites excluding steroid dienone is 1. The molecular formula is C9H17NO3. The molecule has 0 heterocycles. The van der Waals surface area contributed by atoms with Crippen molar-refractivity contribution in [3.8, 4) is 0 Å². The van der Waals surface area contributed by atoms with Crippen molar-refractivity contribution < 1.29 is 14.3 Å². The SMILES string of the molecule is C/C(N)=C/C(=O)OCCOC(C)C. The third-order valence-corrected chi connectivity index (χ3v) is 1.12. The van der Waals surface area contributed by atoms with Gasteiger partial charge in [0.1, 0.15) is 6.61 Å². The van der Waals surface area contributed by atoms with Gasteiger partial charge in [-0.3, -0.25) is 0 Å². The molecule has 4 heteroatoms. The molecule has 0 saturated carbocycles.